The monoisotopic (exact) mass is 450 g/mol. The van der Waals surface area contributed by atoms with Crippen LogP contribution in [0.3, 0.4) is 0 Å². The summed E-state index contributed by atoms with van der Waals surface area (Å²) in [5.41, 5.74) is 2.90. The Balaban J connectivity index is 1.48. The molecule has 7 unspecified atom stereocenters. The first kappa shape index (κ1) is 23.1. The highest BCUT2D eigenvalue weighted by Gasteiger charge is 2.62. The number of carbonyl (C=O) groups excluding carboxylic acids is 1. The molecule has 4 aliphatic rings. The van der Waals surface area contributed by atoms with Gasteiger partial charge in [0, 0.05) is 6.42 Å². The number of ketones is 1. The van der Waals surface area contributed by atoms with Crippen molar-refractivity contribution in [3.8, 4) is 5.75 Å². The number of rotatable bonds is 6. The van der Waals surface area contributed by atoms with Gasteiger partial charge in [0.1, 0.15) is 5.75 Å². The minimum absolute atomic E-state index is 0.00320. The number of benzene rings is 1. The van der Waals surface area contributed by atoms with Crippen molar-refractivity contribution >= 4 is 5.78 Å². The van der Waals surface area contributed by atoms with E-state index in [9.17, 15) is 9.90 Å². The zero-order valence-corrected chi connectivity index (χ0v) is 20.8. The fraction of sp³-hybridized carbons (Fsp3) is 0.700. The Morgan fingerprint density at radius 2 is 1.85 bits per heavy atom. The van der Waals surface area contributed by atoms with Crippen LogP contribution in [0.4, 0.5) is 0 Å². The number of aliphatic hydroxyl groups is 1. The average Bonchev–Trinajstić information content (AvgIpc) is 3.11. The Bertz CT molecular complexity index is 902. The average molecular weight is 451 g/mol. The maximum atomic E-state index is 12.3. The number of allylic oxidation sites excluding steroid dienone is 1. The molecular weight excluding hydrogens is 408 g/mol. The van der Waals surface area contributed by atoms with Crippen LogP contribution in [-0.4, -0.2) is 23.6 Å². The first-order valence-electron chi connectivity index (χ1n) is 13.5. The summed E-state index contributed by atoms with van der Waals surface area (Å²) >= 11 is 0. The minimum Gasteiger partial charge on any atom is -0.494 e. The fourth-order valence-electron chi connectivity index (χ4n) is 8.40. The van der Waals surface area contributed by atoms with Crippen molar-refractivity contribution in [1.29, 1.82) is 0 Å². The summed E-state index contributed by atoms with van der Waals surface area (Å²) in [4.78, 5) is 12.3. The van der Waals surface area contributed by atoms with Gasteiger partial charge in [0.2, 0.25) is 0 Å². The Morgan fingerprint density at radius 1 is 1.06 bits per heavy atom. The lowest BCUT2D eigenvalue weighted by Crippen LogP contribution is -2.54. The molecule has 3 heteroatoms. The summed E-state index contributed by atoms with van der Waals surface area (Å²) in [6.07, 6.45) is 12.4. The van der Waals surface area contributed by atoms with E-state index in [1.54, 1.807) is 0 Å². The second-order valence-corrected chi connectivity index (χ2v) is 11.9. The van der Waals surface area contributed by atoms with Crippen LogP contribution in [0.15, 0.2) is 35.9 Å². The Morgan fingerprint density at radius 3 is 2.61 bits per heavy atom. The lowest BCUT2D eigenvalue weighted by Gasteiger charge is -2.61. The molecule has 4 aliphatic carbocycles. The van der Waals surface area contributed by atoms with E-state index in [2.05, 4.69) is 45.0 Å². The fourth-order valence-corrected chi connectivity index (χ4v) is 8.40. The Hall–Kier alpha value is -1.61. The van der Waals surface area contributed by atoms with Crippen LogP contribution in [0, 0.1) is 28.6 Å². The Kier molecular flexibility index (Phi) is 6.22. The van der Waals surface area contributed by atoms with E-state index in [-0.39, 0.29) is 16.9 Å². The van der Waals surface area contributed by atoms with E-state index in [4.69, 9.17) is 4.74 Å². The third-order valence-corrected chi connectivity index (χ3v) is 10.2. The molecule has 0 bridgehead atoms. The molecule has 0 radical (unpaired) electrons. The molecule has 0 saturated heterocycles. The quantitative estimate of drug-likeness (QED) is 0.483. The van der Waals surface area contributed by atoms with Crippen molar-refractivity contribution in [3.05, 3.63) is 41.5 Å². The third-order valence-electron chi connectivity index (χ3n) is 10.2. The van der Waals surface area contributed by atoms with E-state index in [1.165, 1.54) is 30.4 Å². The van der Waals surface area contributed by atoms with Crippen LogP contribution in [0.2, 0.25) is 0 Å². The van der Waals surface area contributed by atoms with Crippen LogP contribution in [0.5, 0.6) is 5.75 Å². The Labute approximate surface area is 200 Å². The molecule has 0 spiro atoms. The van der Waals surface area contributed by atoms with Gasteiger partial charge in [-0.2, -0.15) is 0 Å². The van der Waals surface area contributed by atoms with E-state index in [1.807, 2.05) is 6.08 Å². The highest BCUT2D eigenvalue weighted by molar-refractivity contribution is 5.91. The first-order chi connectivity index (χ1) is 15.9. The number of carbonyl (C=O) groups is 1. The smallest absolute Gasteiger partial charge is 0.155 e. The van der Waals surface area contributed by atoms with Gasteiger partial charge >= 0.3 is 0 Å². The zero-order chi connectivity index (χ0) is 23.2. The maximum absolute atomic E-state index is 12.3. The van der Waals surface area contributed by atoms with Crippen molar-refractivity contribution in [3.63, 3.8) is 0 Å². The van der Waals surface area contributed by atoms with Crippen LogP contribution >= 0.6 is 0 Å². The molecule has 0 aliphatic heterocycles. The summed E-state index contributed by atoms with van der Waals surface area (Å²) in [5, 5.41) is 11.1. The summed E-state index contributed by atoms with van der Waals surface area (Å²) in [6.45, 7) is 7.82. The first-order valence-corrected chi connectivity index (χ1v) is 13.5. The van der Waals surface area contributed by atoms with Gasteiger partial charge in [0.25, 0.3) is 0 Å². The van der Waals surface area contributed by atoms with Crippen molar-refractivity contribution in [2.45, 2.75) is 97.0 Å². The number of ether oxygens (including phenoxy) is 1. The summed E-state index contributed by atoms with van der Waals surface area (Å²) in [6, 6.07) is 8.89. The molecule has 1 aromatic rings. The van der Waals surface area contributed by atoms with E-state index in [0.29, 0.717) is 35.9 Å². The predicted molar refractivity (Wildman–Crippen MR) is 132 cm³/mol. The van der Waals surface area contributed by atoms with Crippen LogP contribution < -0.4 is 4.74 Å². The van der Waals surface area contributed by atoms with E-state index >= 15 is 0 Å². The maximum Gasteiger partial charge on any atom is 0.155 e. The minimum atomic E-state index is -0.190. The van der Waals surface area contributed by atoms with Gasteiger partial charge in [-0.15, -0.1) is 0 Å². The summed E-state index contributed by atoms with van der Waals surface area (Å²) in [5.74, 6) is 3.48. The van der Waals surface area contributed by atoms with E-state index < -0.39 is 0 Å². The van der Waals surface area contributed by atoms with Crippen molar-refractivity contribution in [2.24, 2.45) is 28.6 Å². The summed E-state index contributed by atoms with van der Waals surface area (Å²) < 4.78 is 5.99. The molecule has 5 rings (SSSR count). The number of fused-ring (bicyclic) bond motifs is 5. The predicted octanol–water partition coefficient (Wildman–Crippen LogP) is 6.84. The van der Waals surface area contributed by atoms with Crippen molar-refractivity contribution < 1.29 is 14.6 Å². The number of hydrogen-bond donors (Lipinski definition) is 1. The van der Waals surface area contributed by atoms with Gasteiger partial charge in [0.05, 0.1) is 12.7 Å². The van der Waals surface area contributed by atoms with Gasteiger partial charge in [-0.1, -0.05) is 51.3 Å². The molecule has 0 aromatic heterocycles. The van der Waals surface area contributed by atoms with Gasteiger partial charge in [-0.25, -0.2) is 0 Å². The molecule has 1 N–H and O–H groups in total. The molecule has 3 fully saturated rings. The standard InChI is InChI=1S/C30H42O3/c1-4-5-6-17-33-23-10-7-20(8-11-23)25-19-30(3)26(13-14-27(30)32)24-12-9-21-18-22(31)15-16-29(21,2)28(24)25/h7-8,10-11,18,24-28,32H,4-6,9,12-17,19H2,1-3H3. The zero-order valence-electron chi connectivity index (χ0n) is 20.8. The summed E-state index contributed by atoms with van der Waals surface area (Å²) in [7, 11) is 0. The highest BCUT2D eigenvalue weighted by Crippen LogP contribution is 2.68. The van der Waals surface area contributed by atoms with E-state index in [0.717, 1.165) is 50.9 Å². The van der Waals surface area contributed by atoms with Crippen LogP contribution in [-0.2, 0) is 4.79 Å². The number of unbranched alkanes of at least 4 members (excludes halogenated alkanes) is 2. The molecule has 180 valence electrons. The van der Waals surface area contributed by atoms with Gasteiger partial charge in [-0.05, 0) is 103 Å². The van der Waals surface area contributed by atoms with Gasteiger partial charge in [0.15, 0.2) is 5.78 Å². The molecule has 0 heterocycles. The van der Waals surface area contributed by atoms with Crippen LogP contribution in [0.1, 0.15) is 96.5 Å². The lowest BCUT2D eigenvalue weighted by molar-refractivity contribution is -0.118. The lowest BCUT2D eigenvalue weighted by atomic mass is 9.44. The normalized spacial score (nSPS) is 39.9. The molecule has 3 nitrogen and oxygen atoms in total. The molecular formula is C30H42O3. The SMILES string of the molecule is CCCCCOc1ccc(C2CC3(C)C(O)CCC3C3CCC4=CC(=O)CCC4(C)C23)cc1. The number of hydrogen-bond acceptors (Lipinski definition) is 3. The van der Waals surface area contributed by atoms with Gasteiger partial charge in [-0.3, -0.25) is 4.79 Å². The number of aliphatic hydroxyl groups excluding tert-OH is 1. The topological polar surface area (TPSA) is 46.5 Å². The second-order valence-electron chi connectivity index (χ2n) is 11.9. The highest BCUT2D eigenvalue weighted by atomic mass is 16.5. The third kappa shape index (κ3) is 3.89. The molecule has 3 saturated carbocycles. The molecule has 33 heavy (non-hydrogen) atoms. The van der Waals surface area contributed by atoms with Crippen molar-refractivity contribution in [1.82, 2.24) is 0 Å². The largest absolute Gasteiger partial charge is 0.494 e. The van der Waals surface area contributed by atoms with Crippen LogP contribution in [0.25, 0.3) is 0 Å². The molecule has 7 atom stereocenters. The molecule has 0 amide bonds. The molecule has 1 aromatic carbocycles. The van der Waals surface area contributed by atoms with Gasteiger partial charge < -0.3 is 9.84 Å². The van der Waals surface area contributed by atoms with Crippen molar-refractivity contribution in [2.75, 3.05) is 6.61 Å². The second kappa shape index (κ2) is 8.87.